The third kappa shape index (κ3) is 2.55. The van der Waals surface area contributed by atoms with Crippen molar-refractivity contribution in [2.24, 2.45) is 11.8 Å². The smallest absolute Gasteiger partial charge is 0.142 e. The molecule has 1 aliphatic heterocycles. The third-order valence-corrected chi connectivity index (χ3v) is 5.63. The summed E-state index contributed by atoms with van der Waals surface area (Å²) in [7, 11) is 2.16. The number of nitriles is 1. The molecule has 1 N–H and O–H groups in total. The van der Waals surface area contributed by atoms with E-state index in [1.165, 1.54) is 19.3 Å². The average molecular weight is 310 g/mol. The maximum absolute atomic E-state index is 8.91. The molecule has 6 nitrogen and oxygen atoms in total. The van der Waals surface area contributed by atoms with Crippen molar-refractivity contribution in [3.8, 4) is 6.07 Å². The van der Waals surface area contributed by atoms with Gasteiger partial charge in [-0.25, -0.2) is 9.97 Å². The predicted molar refractivity (Wildman–Crippen MR) is 89.0 cm³/mol. The molecule has 0 bridgehead atoms. The SMILES string of the molecule is CN(c1ncnc2[nH]ccc12)[C@H]1CC2CCN(CC#N)C[C@H]2C1. The third-order valence-electron chi connectivity index (χ3n) is 5.63. The zero-order valence-corrected chi connectivity index (χ0v) is 13.4. The number of anilines is 1. The lowest BCUT2D eigenvalue weighted by Crippen LogP contribution is -2.38. The lowest BCUT2D eigenvalue weighted by atomic mass is 9.89. The minimum absolute atomic E-state index is 0.528. The van der Waals surface area contributed by atoms with Crippen molar-refractivity contribution in [1.82, 2.24) is 19.9 Å². The van der Waals surface area contributed by atoms with E-state index in [0.29, 0.717) is 18.5 Å². The summed E-state index contributed by atoms with van der Waals surface area (Å²) in [5.41, 5.74) is 0.900. The van der Waals surface area contributed by atoms with Crippen LogP contribution < -0.4 is 4.90 Å². The van der Waals surface area contributed by atoms with Gasteiger partial charge in [-0.1, -0.05) is 0 Å². The standard InChI is InChI=1S/C17H22N6/c1-22(17-15-2-5-19-16(15)20-11-21-17)14-8-12-3-6-23(7-4-18)10-13(12)9-14/h2,5,11-14H,3,6-10H2,1H3,(H,19,20,21)/t12?,13-,14+/m1/s1. The number of H-pyrrole nitrogens is 1. The molecule has 2 aliphatic rings. The van der Waals surface area contributed by atoms with E-state index in [0.717, 1.165) is 35.9 Å². The lowest BCUT2D eigenvalue weighted by Gasteiger charge is -2.33. The molecule has 3 heterocycles. The number of hydrogen-bond donors (Lipinski definition) is 1. The first-order valence-corrected chi connectivity index (χ1v) is 8.36. The molecule has 3 atom stereocenters. The summed E-state index contributed by atoms with van der Waals surface area (Å²) in [5.74, 6) is 2.53. The number of likely N-dealkylation sites (tertiary alicyclic amines) is 1. The Labute approximate surface area is 136 Å². The van der Waals surface area contributed by atoms with Gasteiger partial charge in [0.1, 0.15) is 17.8 Å². The van der Waals surface area contributed by atoms with E-state index >= 15 is 0 Å². The van der Waals surface area contributed by atoms with Crippen molar-refractivity contribution >= 4 is 16.9 Å². The first-order chi connectivity index (χ1) is 11.3. The Bertz CT molecular complexity index is 732. The Hall–Kier alpha value is -2.13. The Morgan fingerprint density at radius 2 is 2.26 bits per heavy atom. The Morgan fingerprint density at radius 3 is 3.13 bits per heavy atom. The summed E-state index contributed by atoms with van der Waals surface area (Å²) in [5, 5.41) is 10.0. The summed E-state index contributed by atoms with van der Waals surface area (Å²) in [4.78, 5) is 16.6. The monoisotopic (exact) mass is 310 g/mol. The van der Waals surface area contributed by atoms with E-state index in [-0.39, 0.29) is 0 Å². The van der Waals surface area contributed by atoms with E-state index in [4.69, 9.17) is 5.26 Å². The molecule has 2 aromatic heterocycles. The second-order valence-electron chi connectivity index (χ2n) is 6.88. The number of fused-ring (bicyclic) bond motifs is 2. The predicted octanol–water partition coefficient (Wildman–Crippen LogP) is 2.02. The van der Waals surface area contributed by atoms with Gasteiger partial charge in [0, 0.05) is 25.8 Å². The molecule has 120 valence electrons. The highest BCUT2D eigenvalue weighted by atomic mass is 15.2. The number of piperidine rings is 1. The van der Waals surface area contributed by atoms with Crippen LogP contribution in [0.15, 0.2) is 18.6 Å². The molecule has 1 aliphatic carbocycles. The zero-order chi connectivity index (χ0) is 15.8. The number of rotatable bonds is 3. The zero-order valence-electron chi connectivity index (χ0n) is 13.4. The highest BCUT2D eigenvalue weighted by molar-refractivity contribution is 5.87. The fourth-order valence-corrected chi connectivity index (χ4v) is 4.40. The van der Waals surface area contributed by atoms with Crippen molar-refractivity contribution in [2.45, 2.75) is 25.3 Å². The van der Waals surface area contributed by atoms with Gasteiger partial charge in [0.25, 0.3) is 0 Å². The summed E-state index contributed by atoms with van der Waals surface area (Å²) < 4.78 is 0. The molecule has 2 aromatic rings. The van der Waals surface area contributed by atoms with E-state index < -0.39 is 0 Å². The molecule has 0 radical (unpaired) electrons. The fourth-order valence-electron chi connectivity index (χ4n) is 4.40. The number of aromatic amines is 1. The molecule has 0 aromatic carbocycles. The molecule has 1 unspecified atom stereocenters. The van der Waals surface area contributed by atoms with Crippen LogP contribution in [0.25, 0.3) is 11.0 Å². The fraction of sp³-hybridized carbons (Fsp3) is 0.588. The van der Waals surface area contributed by atoms with Crippen molar-refractivity contribution in [2.75, 3.05) is 31.6 Å². The van der Waals surface area contributed by atoms with Crippen LogP contribution in [0.2, 0.25) is 0 Å². The molecule has 4 rings (SSSR count). The van der Waals surface area contributed by atoms with Gasteiger partial charge in [0.15, 0.2) is 0 Å². The van der Waals surface area contributed by atoms with Gasteiger partial charge in [-0.05, 0) is 43.7 Å². The highest BCUT2D eigenvalue weighted by Gasteiger charge is 2.39. The van der Waals surface area contributed by atoms with Gasteiger partial charge < -0.3 is 9.88 Å². The summed E-state index contributed by atoms with van der Waals surface area (Å²) in [6, 6.07) is 4.87. The first kappa shape index (κ1) is 14.5. The van der Waals surface area contributed by atoms with Crippen LogP contribution in [-0.4, -0.2) is 52.6 Å². The van der Waals surface area contributed by atoms with Crippen LogP contribution in [-0.2, 0) is 0 Å². The van der Waals surface area contributed by atoms with E-state index in [1.54, 1.807) is 6.33 Å². The van der Waals surface area contributed by atoms with Gasteiger partial charge in [-0.3, -0.25) is 4.90 Å². The number of nitrogens with zero attached hydrogens (tertiary/aromatic N) is 5. The van der Waals surface area contributed by atoms with Crippen LogP contribution >= 0.6 is 0 Å². The topological polar surface area (TPSA) is 71.8 Å². The summed E-state index contributed by atoms with van der Waals surface area (Å²) in [6.07, 6.45) is 7.21. The molecule has 1 saturated carbocycles. The van der Waals surface area contributed by atoms with Gasteiger partial charge in [0.2, 0.25) is 0 Å². The molecule has 23 heavy (non-hydrogen) atoms. The van der Waals surface area contributed by atoms with Gasteiger partial charge in [-0.2, -0.15) is 5.26 Å². The molecule has 0 spiro atoms. The maximum Gasteiger partial charge on any atom is 0.142 e. The van der Waals surface area contributed by atoms with Gasteiger partial charge in [0.05, 0.1) is 18.0 Å². The van der Waals surface area contributed by atoms with Crippen molar-refractivity contribution in [1.29, 1.82) is 5.26 Å². The summed E-state index contributed by atoms with van der Waals surface area (Å²) >= 11 is 0. The normalized spacial score (nSPS) is 27.7. The number of nitrogens with one attached hydrogen (secondary N) is 1. The van der Waals surface area contributed by atoms with E-state index in [9.17, 15) is 0 Å². The van der Waals surface area contributed by atoms with Crippen LogP contribution in [0, 0.1) is 23.2 Å². The maximum atomic E-state index is 8.91. The highest BCUT2D eigenvalue weighted by Crippen LogP contribution is 2.41. The second-order valence-corrected chi connectivity index (χ2v) is 6.88. The number of hydrogen-bond acceptors (Lipinski definition) is 5. The summed E-state index contributed by atoms with van der Waals surface area (Å²) in [6.45, 7) is 2.71. The lowest BCUT2D eigenvalue weighted by molar-refractivity contribution is 0.153. The Kier molecular flexibility index (Phi) is 3.66. The van der Waals surface area contributed by atoms with Crippen molar-refractivity contribution < 1.29 is 0 Å². The molecule has 6 heteroatoms. The molecule has 1 saturated heterocycles. The molecular weight excluding hydrogens is 288 g/mol. The van der Waals surface area contributed by atoms with Crippen molar-refractivity contribution in [3.05, 3.63) is 18.6 Å². The van der Waals surface area contributed by atoms with Gasteiger partial charge in [-0.15, -0.1) is 0 Å². The van der Waals surface area contributed by atoms with Crippen LogP contribution in [0.4, 0.5) is 5.82 Å². The number of aromatic nitrogens is 3. The van der Waals surface area contributed by atoms with E-state index in [1.807, 2.05) is 6.20 Å². The molecular formula is C17H22N6. The quantitative estimate of drug-likeness (QED) is 0.878. The molecule has 2 fully saturated rings. The van der Waals surface area contributed by atoms with Crippen molar-refractivity contribution in [3.63, 3.8) is 0 Å². The Balaban J connectivity index is 1.51. The minimum Gasteiger partial charge on any atom is -0.356 e. The Morgan fingerprint density at radius 1 is 1.39 bits per heavy atom. The largest absolute Gasteiger partial charge is 0.356 e. The van der Waals surface area contributed by atoms with Gasteiger partial charge >= 0.3 is 0 Å². The van der Waals surface area contributed by atoms with Crippen LogP contribution in [0.1, 0.15) is 19.3 Å². The average Bonchev–Trinajstić information content (AvgIpc) is 3.20. The second kappa shape index (κ2) is 5.82. The van der Waals surface area contributed by atoms with Crippen LogP contribution in [0.5, 0.6) is 0 Å². The first-order valence-electron chi connectivity index (χ1n) is 8.36. The minimum atomic E-state index is 0.528. The molecule has 0 amide bonds. The van der Waals surface area contributed by atoms with E-state index in [2.05, 4.69) is 43.9 Å². The van der Waals surface area contributed by atoms with Crippen LogP contribution in [0.3, 0.4) is 0 Å².